The molecule has 4 nitrogen and oxygen atoms in total. The summed E-state index contributed by atoms with van der Waals surface area (Å²) < 4.78 is 2.10. The van der Waals surface area contributed by atoms with Crippen LogP contribution in [0.3, 0.4) is 0 Å². The third kappa shape index (κ3) is 2.94. The van der Waals surface area contributed by atoms with Crippen molar-refractivity contribution in [3.8, 4) is 0 Å². The third-order valence-corrected chi connectivity index (χ3v) is 4.18. The number of fused-ring (bicyclic) bond motifs is 1. The van der Waals surface area contributed by atoms with Crippen LogP contribution < -0.4 is 5.32 Å². The van der Waals surface area contributed by atoms with Gasteiger partial charge in [-0.15, -0.1) is 11.3 Å². The lowest BCUT2D eigenvalue weighted by molar-refractivity contribution is 0.0953. The average molecular weight is 311 g/mol. The van der Waals surface area contributed by atoms with Crippen LogP contribution in [0.2, 0.25) is 0 Å². The van der Waals surface area contributed by atoms with E-state index in [9.17, 15) is 4.79 Å². The molecule has 112 valence electrons. The fraction of sp³-hybridized carbons (Fsp3) is 0.176. The van der Waals surface area contributed by atoms with Crippen LogP contribution in [-0.2, 0) is 13.1 Å². The second-order valence-electron chi connectivity index (χ2n) is 5.22. The van der Waals surface area contributed by atoms with E-state index in [0.29, 0.717) is 18.0 Å². The van der Waals surface area contributed by atoms with Gasteiger partial charge in [0.1, 0.15) is 5.82 Å². The van der Waals surface area contributed by atoms with E-state index in [-0.39, 0.29) is 5.91 Å². The van der Waals surface area contributed by atoms with Crippen molar-refractivity contribution in [2.24, 2.45) is 0 Å². The number of nitrogens with zero attached hydrogens (tertiary/aromatic N) is 2. The number of nitrogens with one attached hydrogen (secondary N) is 1. The van der Waals surface area contributed by atoms with E-state index < -0.39 is 0 Å². The smallest absolute Gasteiger partial charge is 0.261 e. The number of para-hydroxylation sites is 2. The fourth-order valence-electron chi connectivity index (χ4n) is 2.36. The van der Waals surface area contributed by atoms with Crippen LogP contribution in [0.5, 0.6) is 0 Å². The predicted molar refractivity (Wildman–Crippen MR) is 90.0 cm³/mol. The van der Waals surface area contributed by atoms with Gasteiger partial charge in [0.15, 0.2) is 0 Å². The first kappa shape index (κ1) is 14.5. The van der Waals surface area contributed by atoms with Gasteiger partial charge in [0, 0.05) is 6.54 Å². The number of benzene rings is 1. The Bertz CT molecular complexity index is 818. The van der Waals surface area contributed by atoms with E-state index in [4.69, 9.17) is 0 Å². The number of thiophene rings is 1. The highest BCUT2D eigenvalue weighted by Gasteiger charge is 2.12. The zero-order chi connectivity index (χ0) is 15.5. The van der Waals surface area contributed by atoms with Crippen LogP contribution in [0.1, 0.15) is 22.4 Å². The van der Waals surface area contributed by atoms with Crippen LogP contribution in [0.25, 0.3) is 11.0 Å². The maximum absolute atomic E-state index is 12.1. The van der Waals surface area contributed by atoms with Gasteiger partial charge in [-0.3, -0.25) is 4.79 Å². The summed E-state index contributed by atoms with van der Waals surface area (Å²) in [4.78, 5) is 17.4. The number of aromatic nitrogens is 2. The highest BCUT2D eigenvalue weighted by molar-refractivity contribution is 7.12. The van der Waals surface area contributed by atoms with Gasteiger partial charge in [0.05, 0.1) is 22.5 Å². The summed E-state index contributed by atoms with van der Waals surface area (Å²) in [6.45, 7) is 7.07. The van der Waals surface area contributed by atoms with Crippen LogP contribution in [0.4, 0.5) is 0 Å². The summed E-state index contributed by atoms with van der Waals surface area (Å²) in [6.07, 6.45) is 0. The van der Waals surface area contributed by atoms with E-state index in [0.717, 1.165) is 22.4 Å². The largest absolute Gasteiger partial charge is 0.344 e. The number of carbonyl (C=O) groups excluding carboxylic acids is 1. The van der Waals surface area contributed by atoms with Crippen LogP contribution >= 0.6 is 11.3 Å². The van der Waals surface area contributed by atoms with Gasteiger partial charge in [0.2, 0.25) is 0 Å². The Balaban J connectivity index is 1.86. The number of hydrogen-bond acceptors (Lipinski definition) is 3. The minimum absolute atomic E-state index is 0.0658. The molecule has 1 amide bonds. The van der Waals surface area contributed by atoms with Gasteiger partial charge < -0.3 is 9.88 Å². The SMILES string of the molecule is C=C(C)Cn1c(CNC(=O)c2cccs2)nc2ccccc21. The first-order valence-electron chi connectivity index (χ1n) is 7.05. The number of hydrogen-bond donors (Lipinski definition) is 1. The maximum Gasteiger partial charge on any atom is 0.261 e. The maximum atomic E-state index is 12.1. The Labute approximate surface area is 133 Å². The summed E-state index contributed by atoms with van der Waals surface area (Å²) >= 11 is 1.43. The molecule has 0 saturated heterocycles. The van der Waals surface area contributed by atoms with Crippen molar-refractivity contribution < 1.29 is 4.79 Å². The van der Waals surface area contributed by atoms with Gasteiger partial charge in [-0.25, -0.2) is 4.98 Å². The van der Waals surface area contributed by atoms with E-state index in [1.165, 1.54) is 11.3 Å². The minimum Gasteiger partial charge on any atom is -0.344 e. The second kappa shape index (κ2) is 6.15. The van der Waals surface area contributed by atoms with Crippen LogP contribution in [-0.4, -0.2) is 15.5 Å². The third-order valence-electron chi connectivity index (χ3n) is 3.31. The number of allylic oxidation sites excluding steroid dienone is 1. The zero-order valence-electron chi connectivity index (χ0n) is 12.4. The average Bonchev–Trinajstić information content (AvgIpc) is 3.13. The number of amides is 1. The van der Waals surface area contributed by atoms with Crippen molar-refractivity contribution >= 4 is 28.3 Å². The first-order chi connectivity index (χ1) is 10.6. The lowest BCUT2D eigenvalue weighted by Crippen LogP contribution is -2.24. The molecular weight excluding hydrogens is 294 g/mol. The normalized spacial score (nSPS) is 10.8. The van der Waals surface area contributed by atoms with Gasteiger partial charge in [0.25, 0.3) is 5.91 Å². The van der Waals surface area contributed by atoms with E-state index in [1.807, 2.05) is 48.7 Å². The molecule has 0 aliphatic rings. The molecule has 5 heteroatoms. The molecule has 0 aliphatic heterocycles. The zero-order valence-corrected chi connectivity index (χ0v) is 13.2. The summed E-state index contributed by atoms with van der Waals surface area (Å²) in [5, 5.41) is 4.83. The van der Waals surface area contributed by atoms with Crippen LogP contribution in [0.15, 0.2) is 53.9 Å². The van der Waals surface area contributed by atoms with Gasteiger partial charge in [-0.05, 0) is 30.5 Å². The fourth-order valence-corrected chi connectivity index (χ4v) is 3.00. The predicted octanol–water partition coefficient (Wildman–Crippen LogP) is 3.60. The first-order valence-corrected chi connectivity index (χ1v) is 7.93. The summed E-state index contributed by atoms with van der Waals surface area (Å²) in [5.41, 5.74) is 3.05. The Morgan fingerprint density at radius 2 is 2.14 bits per heavy atom. The summed E-state index contributed by atoms with van der Waals surface area (Å²) in [6, 6.07) is 11.7. The Morgan fingerprint density at radius 1 is 1.32 bits per heavy atom. The molecule has 22 heavy (non-hydrogen) atoms. The van der Waals surface area contributed by atoms with Gasteiger partial charge in [-0.1, -0.05) is 30.4 Å². The quantitative estimate of drug-likeness (QED) is 0.732. The lowest BCUT2D eigenvalue weighted by atomic mass is 10.3. The van der Waals surface area contributed by atoms with Crippen molar-refractivity contribution in [3.63, 3.8) is 0 Å². The van der Waals surface area contributed by atoms with Gasteiger partial charge >= 0.3 is 0 Å². The topological polar surface area (TPSA) is 46.9 Å². The highest BCUT2D eigenvalue weighted by Crippen LogP contribution is 2.17. The minimum atomic E-state index is -0.0658. The molecule has 2 aromatic heterocycles. The number of rotatable bonds is 5. The molecule has 0 fully saturated rings. The van der Waals surface area contributed by atoms with E-state index in [1.54, 1.807) is 0 Å². The van der Waals surface area contributed by atoms with Crippen molar-refractivity contribution in [3.05, 3.63) is 64.6 Å². The monoisotopic (exact) mass is 311 g/mol. The number of carbonyl (C=O) groups is 1. The lowest BCUT2D eigenvalue weighted by Gasteiger charge is -2.09. The standard InChI is InChI=1S/C17H17N3OS/c1-12(2)11-20-14-7-4-3-6-13(14)19-16(20)10-18-17(21)15-8-5-9-22-15/h3-9H,1,10-11H2,2H3,(H,18,21). The van der Waals surface area contributed by atoms with Gasteiger partial charge in [-0.2, -0.15) is 0 Å². The summed E-state index contributed by atoms with van der Waals surface area (Å²) in [5.74, 6) is 0.776. The summed E-state index contributed by atoms with van der Waals surface area (Å²) in [7, 11) is 0. The van der Waals surface area contributed by atoms with Crippen molar-refractivity contribution in [2.45, 2.75) is 20.0 Å². The second-order valence-corrected chi connectivity index (χ2v) is 6.17. The molecule has 0 unspecified atom stereocenters. The molecule has 0 bridgehead atoms. The molecule has 0 spiro atoms. The Hall–Kier alpha value is -2.40. The molecule has 0 atom stereocenters. The molecule has 3 rings (SSSR count). The van der Waals surface area contributed by atoms with Crippen LogP contribution in [0, 0.1) is 0 Å². The van der Waals surface area contributed by atoms with E-state index in [2.05, 4.69) is 21.4 Å². The van der Waals surface area contributed by atoms with Crippen molar-refractivity contribution in [1.29, 1.82) is 0 Å². The van der Waals surface area contributed by atoms with Crippen molar-refractivity contribution in [2.75, 3.05) is 0 Å². The molecule has 0 saturated carbocycles. The molecule has 1 N–H and O–H groups in total. The Morgan fingerprint density at radius 3 is 2.86 bits per heavy atom. The molecule has 0 radical (unpaired) electrons. The number of imidazole rings is 1. The highest BCUT2D eigenvalue weighted by atomic mass is 32.1. The van der Waals surface area contributed by atoms with E-state index >= 15 is 0 Å². The molecular formula is C17H17N3OS. The molecule has 3 aromatic rings. The Kier molecular flexibility index (Phi) is 4.06. The molecule has 0 aliphatic carbocycles. The molecule has 2 heterocycles. The van der Waals surface area contributed by atoms with Crippen molar-refractivity contribution in [1.82, 2.24) is 14.9 Å². The molecule has 1 aromatic carbocycles.